The molecular formula is C28H38N2O6. The molecule has 2 aliphatic rings. The lowest BCUT2D eigenvalue weighted by molar-refractivity contribution is -0.137. The van der Waals surface area contributed by atoms with E-state index in [4.69, 9.17) is 9.57 Å². The van der Waals surface area contributed by atoms with Crippen molar-refractivity contribution in [3.63, 3.8) is 0 Å². The van der Waals surface area contributed by atoms with E-state index in [1.54, 1.807) is 4.90 Å². The molecule has 0 bridgehead atoms. The molecule has 8 heteroatoms. The zero-order chi connectivity index (χ0) is 25.9. The van der Waals surface area contributed by atoms with Gasteiger partial charge in [-0.15, -0.1) is 0 Å². The number of carbonyl (C=O) groups is 2. The van der Waals surface area contributed by atoms with Crippen LogP contribution in [-0.4, -0.2) is 58.5 Å². The summed E-state index contributed by atoms with van der Waals surface area (Å²) >= 11 is 0. The molecule has 1 aromatic carbocycles. The number of esters is 1. The molecule has 2 N–H and O–H groups in total. The molecule has 0 radical (unpaired) electrons. The van der Waals surface area contributed by atoms with Gasteiger partial charge < -0.3 is 24.7 Å². The number of phenols is 2. The summed E-state index contributed by atoms with van der Waals surface area (Å²) in [7, 11) is 0. The first-order valence-corrected chi connectivity index (χ1v) is 12.9. The summed E-state index contributed by atoms with van der Waals surface area (Å²) in [6, 6.07) is 2.55. The molecule has 2 aliphatic heterocycles. The fourth-order valence-electron chi connectivity index (χ4n) is 4.54. The number of oxime groups is 1. The van der Waals surface area contributed by atoms with Crippen LogP contribution in [0.15, 0.2) is 41.1 Å². The van der Waals surface area contributed by atoms with Crippen molar-refractivity contribution >= 4 is 17.6 Å². The van der Waals surface area contributed by atoms with Gasteiger partial charge in [-0.1, -0.05) is 36.2 Å². The molecule has 0 saturated carbocycles. The number of carbonyl (C=O) groups excluding carboxylic acids is 2. The lowest BCUT2D eigenvalue weighted by Crippen LogP contribution is -2.37. The van der Waals surface area contributed by atoms with Crippen LogP contribution in [0.25, 0.3) is 0 Å². The van der Waals surface area contributed by atoms with Crippen LogP contribution in [-0.2, 0) is 20.8 Å². The second kappa shape index (κ2) is 13.7. The SMILES string of the molecule is CCCC1C/C=C/CC/C(C)=C/C(=N\OCC(=O)N2CCCCC2)Cc2cc(O)cc(O)c2C(=O)O1. The molecule has 1 amide bonds. The number of amides is 1. The van der Waals surface area contributed by atoms with Gasteiger partial charge in [-0.05, 0) is 63.2 Å². The summed E-state index contributed by atoms with van der Waals surface area (Å²) in [5.41, 5.74) is 1.90. The largest absolute Gasteiger partial charge is 0.508 e. The minimum absolute atomic E-state index is 0.00177. The van der Waals surface area contributed by atoms with E-state index in [0.717, 1.165) is 63.3 Å². The zero-order valence-electron chi connectivity index (χ0n) is 21.4. The molecular weight excluding hydrogens is 460 g/mol. The average molecular weight is 499 g/mol. The Bertz CT molecular complexity index is 1010. The zero-order valence-corrected chi connectivity index (χ0v) is 21.4. The Kier molecular flexibility index (Phi) is 10.4. The van der Waals surface area contributed by atoms with Crippen molar-refractivity contribution in [2.45, 2.75) is 77.7 Å². The third-order valence-corrected chi connectivity index (χ3v) is 6.41. The number of ether oxygens (including phenoxy) is 1. The van der Waals surface area contributed by atoms with Crippen LogP contribution in [0.5, 0.6) is 11.5 Å². The number of allylic oxidation sites excluding steroid dienone is 3. The predicted octanol–water partition coefficient (Wildman–Crippen LogP) is 5.04. The Morgan fingerprint density at radius 1 is 1.19 bits per heavy atom. The topological polar surface area (TPSA) is 109 Å². The number of fused-ring (bicyclic) bond motifs is 1. The van der Waals surface area contributed by atoms with Gasteiger partial charge in [0.1, 0.15) is 23.2 Å². The standard InChI is InChI=1S/C28H38N2O6/c1-3-10-24-12-7-4-6-11-20(2)15-22(29-35-19-26(33)30-13-8-5-9-14-30)16-21-17-23(31)18-25(32)27(21)28(34)36-24/h4,7,15,17-18,24,31-32H,3,5-6,8-14,16,19H2,1-2H3/b7-4+,20-15+,29-22+. The maximum absolute atomic E-state index is 13.1. The van der Waals surface area contributed by atoms with Gasteiger partial charge in [0.25, 0.3) is 5.91 Å². The van der Waals surface area contributed by atoms with Crippen LogP contribution in [0.1, 0.15) is 81.1 Å². The molecule has 0 spiro atoms. The molecule has 36 heavy (non-hydrogen) atoms. The normalized spacial score (nSPS) is 23.1. The first-order chi connectivity index (χ1) is 17.4. The Morgan fingerprint density at radius 3 is 2.72 bits per heavy atom. The Balaban J connectivity index is 1.89. The summed E-state index contributed by atoms with van der Waals surface area (Å²) in [5.74, 6) is -1.27. The number of phenolic OH excluding ortho intramolecular Hbond substituents is 2. The van der Waals surface area contributed by atoms with Gasteiger partial charge in [0.15, 0.2) is 6.61 Å². The summed E-state index contributed by atoms with van der Waals surface area (Å²) in [6.45, 7) is 5.32. The number of hydrogen-bond donors (Lipinski definition) is 2. The van der Waals surface area contributed by atoms with Gasteiger partial charge in [-0.3, -0.25) is 4.79 Å². The highest BCUT2D eigenvalue weighted by Crippen LogP contribution is 2.30. The second-order valence-corrected chi connectivity index (χ2v) is 9.53. The fraction of sp³-hybridized carbons (Fsp3) is 0.536. The number of piperidine rings is 1. The van der Waals surface area contributed by atoms with E-state index in [1.807, 2.05) is 26.0 Å². The lowest BCUT2D eigenvalue weighted by Gasteiger charge is -2.26. The Labute approximate surface area is 213 Å². The summed E-state index contributed by atoms with van der Waals surface area (Å²) < 4.78 is 5.75. The van der Waals surface area contributed by atoms with Crippen LogP contribution in [0.3, 0.4) is 0 Å². The summed E-state index contributed by atoms with van der Waals surface area (Å²) in [6.07, 6.45) is 12.7. The molecule has 1 aromatic rings. The van der Waals surface area contributed by atoms with Crippen molar-refractivity contribution < 1.29 is 29.4 Å². The molecule has 1 unspecified atom stereocenters. The van der Waals surface area contributed by atoms with E-state index in [1.165, 1.54) is 6.07 Å². The van der Waals surface area contributed by atoms with Crippen molar-refractivity contribution in [1.82, 2.24) is 4.90 Å². The minimum Gasteiger partial charge on any atom is -0.508 e. The highest BCUT2D eigenvalue weighted by molar-refractivity contribution is 6.01. The third kappa shape index (κ3) is 8.14. The molecule has 1 saturated heterocycles. The van der Waals surface area contributed by atoms with Gasteiger partial charge in [0, 0.05) is 32.0 Å². The molecule has 8 nitrogen and oxygen atoms in total. The van der Waals surface area contributed by atoms with Crippen LogP contribution in [0.4, 0.5) is 0 Å². The van der Waals surface area contributed by atoms with Crippen LogP contribution >= 0.6 is 0 Å². The minimum atomic E-state index is -0.646. The summed E-state index contributed by atoms with van der Waals surface area (Å²) in [5, 5.41) is 24.9. The smallest absolute Gasteiger partial charge is 0.342 e. The van der Waals surface area contributed by atoms with Crippen LogP contribution in [0.2, 0.25) is 0 Å². The quantitative estimate of drug-likeness (QED) is 0.335. The van der Waals surface area contributed by atoms with Crippen molar-refractivity contribution in [1.29, 1.82) is 0 Å². The van der Waals surface area contributed by atoms with Crippen molar-refractivity contribution in [3.05, 3.63) is 47.1 Å². The number of aromatic hydroxyl groups is 2. The molecule has 0 aliphatic carbocycles. The molecule has 196 valence electrons. The number of cyclic esters (lactones) is 1. The maximum atomic E-state index is 13.1. The van der Waals surface area contributed by atoms with Crippen LogP contribution < -0.4 is 0 Å². The Hall–Kier alpha value is -3.29. The monoisotopic (exact) mass is 498 g/mol. The van der Waals surface area contributed by atoms with E-state index in [2.05, 4.69) is 11.2 Å². The molecule has 1 fully saturated rings. The molecule has 1 atom stereocenters. The molecule has 2 heterocycles. The summed E-state index contributed by atoms with van der Waals surface area (Å²) in [4.78, 5) is 32.8. The predicted molar refractivity (Wildman–Crippen MR) is 138 cm³/mol. The first kappa shape index (κ1) is 27.3. The van der Waals surface area contributed by atoms with E-state index in [-0.39, 0.29) is 42.1 Å². The Morgan fingerprint density at radius 2 is 1.97 bits per heavy atom. The van der Waals surface area contributed by atoms with Gasteiger partial charge in [0.2, 0.25) is 0 Å². The number of nitrogens with zero attached hydrogens (tertiary/aromatic N) is 2. The van der Waals surface area contributed by atoms with Crippen molar-refractivity contribution in [2.75, 3.05) is 19.7 Å². The number of likely N-dealkylation sites (tertiary alicyclic amines) is 1. The number of rotatable bonds is 5. The third-order valence-electron chi connectivity index (χ3n) is 6.41. The van der Waals surface area contributed by atoms with Gasteiger partial charge in [-0.25, -0.2) is 4.79 Å². The second-order valence-electron chi connectivity index (χ2n) is 9.53. The molecule has 0 aromatic heterocycles. The maximum Gasteiger partial charge on any atom is 0.342 e. The van der Waals surface area contributed by atoms with Gasteiger partial charge in [-0.2, -0.15) is 0 Å². The average Bonchev–Trinajstić information content (AvgIpc) is 2.83. The fourth-order valence-corrected chi connectivity index (χ4v) is 4.54. The van der Waals surface area contributed by atoms with E-state index >= 15 is 0 Å². The first-order valence-electron chi connectivity index (χ1n) is 12.9. The number of hydrogen-bond acceptors (Lipinski definition) is 7. The van der Waals surface area contributed by atoms with Gasteiger partial charge in [0.05, 0.1) is 5.71 Å². The van der Waals surface area contributed by atoms with E-state index in [9.17, 15) is 19.8 Å². The van der Waals surface area contributed by atoms with Crippen molar-refractivity contribution in [3.8, 4) is 11.5 Å². The lowest BCUT2D eigenvalue weighted by atomic mass is 9.98. The van der Waals surface area contributed by atoms with Gasteiger partial charge >= 0.3 is 5.97 Å². The number of benzene rings is 1. The van der Waals surface area contributed by atoms with Crippen molar-refractivity contribution in [2.24, 2.45) is 5.16 Å². The van der Waals surface area contributed by atoms with Crippen LogP contribution in [0, 0.1) is 0 Å². The highest BCUT2D eigenvalue weighted by atomic mass is 16.6. The van der Waals surface area contributed by atoms with E-state index in [0.29, 0.717) is 24.1 Å². The molecule has 3 rings (SSSR count). The van der Waals surface area contributed by atoms with E-state index < -0.39 is 5.97 Å². The highest BCUT2D eigenvalue weighted by Gasteiger charge is 2.24.